The molecule has 1 amide bonds. The van der Waals surface area contributed by atoms with Crippen LogP contribution in [0, 0.1) is 11.3 Å². The molecule has 21 heavy (non-hydrogen) atoms. The van der Waals surface area contributed by atoms with E-state index in [4.69, 9.17) is 5.26 Å². The van der Waals surface area contributed by atoms with Crippen molar-refractivity contribution in [2.45, 2.75) is 13.0 Å². The van der Waals surface area contributed by atoms with Crippen molar-refractivity contribution in [1.82, 2.24) is 9.88 Å². The van der Waals surface area contributed by atoms with Crippen molar-refractivity contribution in [3.05, 3.63) is 64.4 Å². The number of aromatic nitrogens is 1. The summed E-state index contributed by atoms with van der Waals surface area (Å²) in [7, 11) is 0. The second-order valence-corrected chi connectivity index (χ2v) is 5.33. The van der Waals surface area contributed by atoms with Gasteiger partial charge in [-0.25, -0.2) is 0 Å². The fourth-order valence-electron chi connectivity index (χ4n) is 1.95. The molecule has 1 heterocycles. The Morgan fingerprint density at radius 2 is 2.10 bits per heavy atom. The maximum atomic E-state index is 12.6. The first-order valence-corrected chi connectivity index (χ1v) is 7.31. The van der Waals surface area contributed by atoms with E-state index in [-0.39, 0.29) is 5.91 Å². The van der Waals surface area contributed by atoms with E-state index in [0.717, 1.165) is 10.0 Å². The van der Waals surface area contributed by atoms with Crippen LogP contribution in [0.25, 0.3) is 0 Å². The molecule has 0 aliphatic carbocycles. The van der Waals surface area contributed by atoms with E-state index in [1.165, 1.54) is 0 Å². The van der Waals surface area contributed by atoms with Gasteiger partial charge in [0.15, 0.2) is 0 Å². The first-order valence-electron chi connectivity index (χ1n) is 6.52. The smallest absolute Gasteiger partial charge is 0.255 e. The van der Waals surface area contributed by atoms with Crippen molar-refractivity contribution in [2.75, 3.05) is 6.54 Å². The van der Waals surface area contributed by atoms with E-state index in [9.17, 15) is 4.79 Å². The zero-order valence-electron chi connectivity index (χ0n) is 11.4. The molecule has 0 unspecified atom stereocenters. The summed E-state index contributed by atoms with van der Waals surface area (Å²) in [5, 5.41) is 8.78. The molecule has 0 N–H and O–H groups in total. The van der Waals surface area contributed by atoms with Crippen molar-refractivity contribution < 1.29 is 4.79 Å². The molecule has 0 saturated carbocycles. The van der Waals surface area contributed by atoms with E-state index in [0.29, 0.717) is 25.1 Å². The molecule has 0 saturated heterocycles. The number of amides is 1. The minimum Gasteiger partial charge on any atom is -0.333 e. The van der Waals surface area contributed by atoms with E-state index >= 15 is 0 Å². The maximum absolute atomic E-state index is 12.6. The molecule has 0 aliphatic rings. The molecule has 0 bridgehead atoms. The highest BCUT2D eigenvalue weighted by molar-refractivity contribution is 9.10. The first kappa shape index (κ1) is 15.2. The zero-order chi connectivity index (χ0) is 15.1. The highest BCUT2D eigenvalue weighted by atomic mass is 79.9. The van der Waals surface area contributed by atoms with E-state index < -0.39 is 0 Å². The molecule has 0 spiro atoms. The summed E-state index contributed by atoms with van der Waals surface area (Å²) in [5.74, 6) is -0.0958. The third kappa shape index (κ3) is 4.14. The number of nitriles is 1. The minimum absolute atomic E-state index is 0.0958. The normalized spacial score (nSPS) is 9.90. The van der Waals surface area contributed by atoms with Gasteiger partial charge in [-0.2, -0.15) is 5.26 Å². The Balaban J connectivity index is 2.21. The van der Waals surface area contributed by atoms with Crippen LogP contribution >= 0.6 is 15.9 Å². The first-order chi connectivity index (χ1) is 10.2. The molecule has 2 aromatic rings. The average molecular weight is 344 g/mol. The summed E-state index contributed by atoms with van der Waals surface area (Å²) in [6, 6.07) is 13.1. The Labute approximate surface area is 132 Å². The molecule has 106 valence electrons. The summed E-state index contributed by atoms with van der Waals surface area (Å²) in [6.45, 7) is 0.835. The van der Waals surface area contributed by atoms with Gasteiger partial charge in [0.2, 0.25) is 0 Å². The van der Waals surface area contributed by atoms with Gasteiger partial charge in [-0.1, -0.05) is 18.2 Å². The molecular formula is C16H14BrN3O. The lowest BCUT2D eigenvalue weighted by Gasteiger charge is -2.22. The lowest BCUT2D eigenvalue weighted by molar-refractivity contribution is 0.0746. The van der Waals surface area contributed by atoms with Gasteiger partial charge in [-0.05, 0) is 39.7 Å². The number of carbonyl (C=O) groups is 1. The number of pyridine rings is 1. The molecule has 0 aliphatic heterocycles. The number of carbonyl (C=O) groups excluding carboxylic acids is 1. The van der Waals surface area contributed by atoms with Gasteiger partial charge in [0.1, 0.15) is 0 Å². The van der Waals surface area contributed by atoms with Crippen LogP contribution in [-0.4, -0.2) is 22.3 Å². The Kier molecular flexibility index (Phi) is 5.47. The average Bonchev–Trinajstić information content (AvgIpc) is 2.52. The van der Waals surface area contributed by atoms with Gasteiger partial charge < -0.3 is 4.90 Å². The fourth-order valence-corrected chi connectivity index (χ4v) is 2.41. The largest absolute Gasteiger partial charge is 0.333 e. The predicted molar refractivity (Wildman–Crippen MR) is 83.3 cm³/mol. The number of hydrogen-bond acceptors (Lipinski definition) is 3. The third-order valence-corrected chi connectivity index (χ3v) is 3.67. The lowest BCUT2D eigenvalue weighted by atomic mass is 10.1. The highest BCUT2D eigenvalue weighted by Crippen LogP contribution is 2.19. The van der Waals surface area contributed by atoms with Crippen molar-refractivity contribution in [3.63, 3.8) is 0 Å². The molecule has 4 nitrogen and oxygen atoms in total. The Morgan fingerprint density at radius 1 is 1.29 bits per heavy atom. The summed E-state index contributed by atoms with van der Waals surface area (Å²) < 4.78 is 0.753. The van der Waals surface area contributed by atoms with E-state index in [2.05, 4.69) is 27.0 Å². The Hall–Kier alpha value is -2.19. The van der Waals surface area contributed by atoms with Crippen LogP contribution in [0.4, 0.5) is 0 Å². The van der Waals surface area contributed by atoms with Crippen LogP contribution in [0.5, 0.6) is 0 Å². The molecule has 5 heteroatoms. The second-order valence-electron chi connectivity index (χ2n) is 4.48. The monoisotopic (exact) mass is 343 g/mol. The van der Waals surface area contributed by atoms with Crippen LogP contribution in [0.15, 0.2) is 53.3 Å². The van der Waals surface area contributed by atoms with Gasteiger partial charge in [0.05, 0.1) is 18.1 Å². The number of halogens is 1. The van der Waals surface area contributed by atoms with Crippen molar-refractivity contribution in [2.24, 2.45) is 0 Å². The SMILES string of the molecule is N#CCCN(Cc1cccnc1)C(=O)c1ccccc1Br. The molecule has 0 radical (unpaired) electrons. The molecule has 1 aromatic heterocycles. The van der Waals surface area contributed by atoms with Gasteiger partial charge in [0, 0.05) is 30.0 Å². The molecule has 2 rings (SSSR count). The quantitative estimate of drug-likeness (QED) is 0.835. The standard InChI is InChI=1S/C16H14BrN3O/c17-15-7-2-1-6-14(15)16(21)20(10-4-8-18)12-13-5-3-9-19-11-13/h1-3,5-7,9,11H,4,10,12H2. The number of rotatable bonds is 5. The number of benzene rings is 1. The van der Waals surface area contributed by atoms with Crippen LogP contribution in [-0.2, 0) is 6.54 Å². The Bertz CT molecular complexity index is 652. The zero-order valence-corrected chi connectivity index (χ0v) is 13.0. The van der Waals surface area contributed by atoms with Crippen LogP contribution in [0.1, 0.15) is 22.3 Å². The van der Waals surface area contributed by atoms with Gasteiger partial charge in [-0.3, -0.25) is 9.78 Å². The summed E-state index contributed by atoms with van der Waals surface area (Å²) in [5.41, 5.74) is 1.54. The fraction of sp³-hybridized carbons (Fsp3) is 0.188. The van der Waals surface area contributed by atoms with Crippen molar-refractivity contribution >= 4 is 21.8 Å². The molecule has 0 atom stereocenters. The summed E-state index contributed by atoms with van der Waals surface area (Å²) in [6.07, 6.45) is 3.72. The summed E-state index contributed by atoms with van der Waals surface area (Å²) in [4.78, 5) is 18.4. The molecular weight excluding hydrogens is 330 g/mol. The van der Waals surface area contributed by atoms with E-state index in [1.807, 2.05) is 30.3 Å². The van der Waals surface area contributed by atoms with Crippen LogP contribution in [0.2, 0.25) is 0 Å². The number of nitrogens with zero attached hydrogens (tertiary/aromatic N) is 3. The van der Waals surface area contributed by atoms with Gasteiger partial charge in [-0.15, -0.1) is 0 Å². The highest BCUT2D eigenvalue weighted by Gasteiger charge is 2.18. The van der Waals surface area contributed by atoms with Gasteiger partial charge in [0.25, 0.3) is 5.91 Å². The molecule has 0 fully saturated rings. The predicted octanol–water partition coefficient (Wildman–Crippen LogP) is 3.40. The van der Waals surface area contributed by atoms with Crippen molar-refractivity contribution in [1.29, 1.82) is 5.26 Å². The summed E-state index contributed by atoms with van der Waals surface area (Å²) >= 11 is 3.39. The van der Waals surface area contributed by atoms with Gasteiger partial charge >= 0.3 is 0 Å². The lowest BCUT2D eigenvalue weighted by Crippen LogP contribution is -2.31. The maximum Gasteiger partial charge on any atom is 0.255 e. The molecule has 1 aromatic carbocycles. The third-order valence-electron chi connectivity index (χ3n) is 2.98. The minimum atomic E-state index is -0.0958. The number of hydrogen-bond donors (Lipinski definition) is 0. The van der Waals surface area contributed by atoms with E-state index in [1.54, 1.807) is 23.4 Å². The van der Waals surface area contributed by atoms with Crippen LogP contribution in [0.3, 0.4) is 0 Å². The second kappa shape index (κ2) is 7.55. The Morgan fingerprint density at radius 3 is 2.76 bits per heavy atom. The van der Waals surface area contributed by atoms with Crippen LogP contribution < -0.4 is 0 Å². The topological polar surface area (TPSA) is 57.0 Å². The van der Waals surface area contributed by atoms with Crippen molar-refractivity contribution in [3.8, 4) is 6.07 Å².